The van der Waals surface area contributed by atoms with Crippen LogP contribution >= 0.6 is 0 Å². The number of hydrogen-bond donors (Lipinski definition) is 0. The van der Waals surface area contributed by atoms with E-state index in [1.807, 2.05) is 0 Å². The Morgan fingerprint density at radius 3 is 2.65 bits per heavy atom. The third-order valence-corrected chi connectivity index (χ3v) is 5.73. The van der Waals surface area contributed by atoms with Crippen LogP contribution < -0.4 is 4.90 Å². The number of piperazine rings is 1. The monoisotopic (exact) mass is 315 g/mol. The molecule has 1 aromatic rings. The normalized spacial score (nSPS) is 23.6. The maximum atomic E-state index is 4.91. The highest BCUT2D eigenvalue weighted by Gasteiger charge is 2.29. The Balaban J connectivity index is 1.39. The van der Waals surface area contributed by atoms with Crippen LogP contribution in [0.15, 0.2) is 6.20 Å². The maximum absolute atomic E-state index is 4.91. The van der Waals surface area contributed by atoms with Crippen LogP contribution in [-0.2, 0) is 13.0 Å². The first-order valence-electron chi connectivity index (χ1n) is 9.39. The van der Waals surface area contributed by atoms with Crippen LogP contribution in [-0.4, -0.2) is 65.1 Å². The number of nitrogens with zero attached hydrogens (tertiary/aromatic N) is 5. The summed E-state index contributed by atoms with van der Waals surface area (Å²) < 4.78 is 0. The average Bonchev–Trinajstić information content (AvgIpc) is 2.54. The number of aromatic nitrogens is 2. The van der Waals surface area contributed by atoms with Crippen molar-refractivity contribution >= 4 is 5.95 Å². The van der Waals surface area contributed by atoms with E-state index in [0.717, 1.165) is 44.6 Å². The van der Waals surface area contributed by atoms with Gasteiger partial charge in [0.05, 0.1) is 5.69 Å². The highest BCUT2D eigenvalue weighted by atomic mass is 15.3. The summed E-state index contributed by atoms with van der Waals surface area (Å²) >= 11 is 0. The molecule has 5 heteroatoms. The molecule has 1 aromatic heterocycles. The van der Waals surface area contributed by atoms with E-state index in [4.69, 9.17) is 4.98 Å². The lowest BCUT2D eigenvalue weighted by Crippen LogP contribution is -2.52. The fourth-order valence-corrected chi connectivity index (χ4v) is 4.06. The first kappa shape index (κ1) is 15.3. The van der Waals surface area contributed by atoms with Gasteiger partial charge in [0.1, 0.15) is 0 Å². The van der Waals surface area contributed by atoms with Crippen molar-refractivity contribution in [2.45, 2.75) is 51.6 Å². The SMILES string of the molecule is CCCN1CCc2nc(N3CCN(C4CCC4)CC3)ncc2C1. The molecule has 4 rings (SSSR count). The molecule has 0 aromatic carbocycles. The van der Waals surface area contributed by atoms with Crippen LogP contribution in [0.5, 0.6) is 0 Å². The molecule has 0 bridgehead atoms. The van der Waals surface area contributed by atoms with Crippen molar-refractivity contribution in [1.29, 1.82) is 0 Å². The quantitative estimate of drug-likeness (QED) is 0.848. The Bertz CT molecular complexity index is 534. The molecule has 0 amide bonds. The summed E-state index contributed by atoms with van der Waals surface area (Å²) in [5.74, 6) is 0.959. The van der Waals surface area contributed by atoms with Crippen LogP contribution in [0.1, 0.15) is 43.9 Å². The van der Waals surface area contributed by atoms with E-state index in [1.54, 1.807) is 0 Å². The lowest BCUT2D eigenvalue weighted by molar-refractivity contribution is 0.120. The van der Waals surface area contributed by atoms with E-state index in [1.165, 1.54) is 56.6 Å². The molecule has 0 spiro atoms. The minimum absolute atomic E-state index is 0.867. The van der Waals surface area contributed by atoms with Crippen molar-refractivity contribution in [3.05, 3.63) is 17.5 Å². The van der Waals surface area contributed by atoms with Crippen molar-refractivity contribution in [3.8, 4) is 0 Å². The first-order valence-corrected chi connectivity index (χ1v) is 9.39. The molecule has 3 heterocycles. The van der Waals surface area contributed by atoms with Crippen molar-refractivity contribution in [1.82, 2.24) is 19.8 Å². The zero-order valence-corrected chi connectivity index (χ0v) is 14.4. The second-order valence-corrected chi connectivity index (χ2v) is 7.28. The van der Waals surface area contributed by atoms with E-state index >= 15 is 0 Å². The molecule has 0 atom stereocenters. The molecule has 0 N–H and O–H groups in total. The third-order valence-electron chi connectivity index (χ3n) is 5.73. The van der Waals surface area contributed by atoms with E-state index in [0.29, 0.717) is 0 Å². The van der Waals surface area contributed by atoms with Gasteiger partial charge in [0.25, 0.3) is 0 Å². The summed E-state index contributed by atoms with van der Waals surface area (Å²) in [6, 6.07) is 0.867. The topological polar surface area (TPSA) is 35.5 Å². The van der Waals surface area contributed by atoms with Crippen molar-refractivity contribution < 1.29 is 0 Å². The van der Waals surface area contributed by atoms with E-state index in [2.05, 4.69) is 32.8 Å². The number of hydrogen-bond acceptors (Lipinski definition) is 5. The summed E-state index contributed by atoms with van der Waals surface area (Å²) in [6.45, 7) is 10.1. The number of fused-ring (bicyclic) bond motifs is 1. The van der Waals surface area contributed by atoms with Gasteiger partial charge in [-0.05, 0) is 25.8 Å². The Kier molecular flexibility index (Phi) is 4.49. The van der Waals surface area contributed by atoms with Crippen molar-refractivity contribution in [2.75, 3.05) is 44.2 Å². The van der Waals surface area contributed by atoms with Gasteiger partial charge in [-0.25, -0.2) is 9.97 Å². The molecular weight excluding hydrogens is 286 g/mol. The van der Waals surface area contributed by atoms with Gasteiger partial charge in [-0.1, -0.05) is 13.3 Å². The molecule has 2 fully saturated rings. The van der Waals surface area contributed by atoms with Crippen LogP contribution in [0.2, 0.25) is 0 Å². The molecule has 1 aliphatic carbocycles. The zero-order chi connectivity index (χ0) is 15.6. The summed E-state index contributed by atoms with van der Waals surface area (Å²) in [7, 11) is 0. The fraction of sp³-hybridized carbons (Fsp3) is 0.778. The Morgan fingerprint density at radius 1 is 1.13 bits per heavy atom. The highest BCUT2D eigenvalue weighted by molar-refractivity contribution is 5.35. The predicted octanol–water partition coefficient (Wildman–Crippen LogP) is 1.92. The first-order chi connectivity index (χ1) is 11.3. The standard InChI is InChI=1S/C18H29N5/c1-2-7-21-8-6-17-15(14-21)13-19-18(20-17)23-11-9-22(10-12-23)16-4-3-5-16/h13,16H,2-12,14H2,1H3. The maximum Gasteiger partial charge on any atom is 0.225 e. The molecule has 0 unspecified atom stereocenters. The van der Waals surface area contributed by atoms with Gasteiger partial charge >= 0.3 is 0 Å². The summed E-state index contributed by atoms with van der Waals surface area (Å²) in [5, 5.41) is 0. The minimum atomic E-state index is 0.867. The molecule has 0 radical (unpaired) electrons. The Labute approximate surface area is 139 Å². The predicted molar refractivity (Wildman–Crippen MR) is 92.7 cm³/mol. The second-order valence-electron chi connectivity index (χ2n) is 7.28. The molecule has 1 saturated carbocycles. The zero-order valence-electron chi connectivity index (χ0n) is 14.4. The smallest absolute Gasteiger partial charge is 0.225 e. The molecule has 3 aliphatic rings. The number of anilines is 1. The van der Waals surface area contributed by atoms with Gasteiger partial charge in [-0.2, -0.15) is 0 Å². The fourth-order valence-electron chi connectivity index (χ4n) is 4.06. The lowest BCUT2D eigenvalue weighted by atomic mass is 9.91. The van der Waals surface area contributed by atoms with E-state index in [-0.39, 0.29) is 0 Å². The van der Waals surface area contributed by atoms with Crippen molar-refractivity contribution in [3.63, 3.8) is 0 Å². The minimum Gasteiger partial charge on any atom is -0.338 e. The molecule has 1 saturated heterocycles. The second kappa shape index (κ2) is 6.73. The Hall–Kier alpha value is -1.20. The lowest BCUT2D eigenvalue weighted by Gasteiger charge is -2.43. The van der Waals surface area contributed by atoms with Gasteiger partial charge in [-0.3, -0.25) is 9.80 Å². The highest BCUT2D eigenvalue weighted by Crippen LogP contribution is 2.26. The summed E-state index contributed by atoms with van der Waals surface area (Å²) in [5.41, 5.74) is 2.62. The van der Waals surface area contributed by atoms with E-state index in [9.17, 15) is 0 Å². The number of rotatable bonds is 4. The van der Waals surface area contributed by atoms with Crippen LogP contribution in [0.25, 0.3) is 0 Å². The Morgan fingerprint density at radius 2 is 1.96 bits per heavy atom. The summed E-state index contributed by atoms with van der Waals surface area (Å²) in [4.78, 5) is 17.2. The molecule has 23 heavy (non-hydrogen) atoms. The van der Waals surface area contributed by atoms with E-state index < -0.39 is 0 Å². The molecule has 2 aliphatic heterocycles. The third kappa shape index (κ3) is 3.22. The molecule has 5 nitrogen and oxygen atoms in total. The van der Waals surface area contributed by atoms with Crippen LogP contribution in [0.3, 0.4) is 0 Å². The van der Waals surface area contributed by atoms with Gasteiger partial charge in [0.2, 0.25) is 5.95 Å². The van der Waals surface area contributed by atoms with Crippen LogP contribution in [0.4, 0.5) is 5.95 Å². The van der Waals surface area contributed by atoms with Gasteiger partial charge in [-0.15, -0.1) is 0 Å². The molecular formula is C18H29N5. The molecule has 126 valence electrons. The van der Waals surface area contributed by atoms with Gasteiger partial charge in [0, 0.05) is 63.5 Å². The largest absolute Gasteiger partial charge is 0.338 e. The van der Waals surface area contributed by atoms with Gasteiger partial charge < -0.3 is 4.90 Å². The summed E-state index contributed by atoms with van der Waals surface area (Å²) in [6.07, 6.45) is 8.62. The average molecular weight is 315 g/mol. The van der Waals surface area contributed by atoms with Crippen LogP contribution in [0, 0.1) is 0 Å². The van der Waals surface area contributed by atoms with Gasteiger partial charge in [0.15, 0.2) is 0 Å². The van der Waals surface area contributed by atoms with Crippen molar-refractivity contribution in [2.24, 2.45) is 0 Å².